The number of halogens is 1. The minimum Gasteiger partial charge on any atom is -0.353 e. The van der Waals surface area contributed by atoms with Gasteiger partial charge in [0, 0.05) is 0 Å². The maximum Gasteiger partial charge on any atom is 0.243 e. The van der Waals surface area contributed by atoms with Crippen LogP contribution in [0.4, 0.5) is 15.8 Å². The molecule has 0 bridgehead atoms. The maximum absolute atomic E-state index is 13.4. The molecule has 0 radical (unpaired) electrons. The van der Waals surface area contributed by atoms with Crippen LogP contribution in [0.5, 0.6) is 0 Å². The van der Waals surface area contributed by atoms with E-state index >= 15 is 0 Å². The summed E-state index contributed by atoms with van der Waals surface area (Å²) in [4.78, 5) is 23.4. The molecule has 1 aromatic carbocycles. The SMILES string of the molecule is Cc1cc2c(cc1F)N(CC=O)CC(=O)N2. The van der Waals surface area contributed by atoms with E-state index in [2.05, 4.69) is 5.32 Å². The second-order valence-corrected chi connectivity index (χ2v) is 3.71. The number of fused-ring (bicyclic) bond motifs is 1. The lowest BCUT2D eigenvalue weighted by atomic mass is 10.1. The molecule has 0 aromatic heterocycles. The molecular formula is C11H11FN2O2. The molecule has 1 aliphatic heterocycles. The highest BCUT2D eigenvalue weighted by atomic mass is 19.1. The van der Waals surface area contributed by atoms with Gasteiger partial charge in [0.15, 0.2) is 0 Å². The molecule has 84 valence electrons. The van der Waals surface area contributed by atoms with E-state index in [0.29, 0.717) is 23.2 Å². The van der Waals surface area contributed by atoms with Crippen LogP contribution in [-0.4, -0.2) is 25.3 Å². The highest BCUT2D eigenvalue weighted by Crippen LogP contribution is 2.31. The largest absolute Gasteiger partial charge is 0.353 e. The second-order valence-electron chi connectivity index (χ2n) is 3.71. The fourth-order valence-corrected chi connectivity index (χ4v) is 1.73. The summed E-state index contributed by atoms with van der Waals surface area (Å²) in [5.41, 5.74) is 1.57. The van der Waals surface area contributed by atoms with Crippen LogP contribution in [-0.2, 0) is 9.59 Å². The number of nitrogens with zero attached hydrogens (tertiary/aromatic N) is 1. The summed E-state index contributed by atoms with van der Waals surface area (Å²) < 4.78 is 13.4. The van der Waals surface area contributed by atoms with Gasteiger partial charge in [-0.05, 0) is 24.6 Å². The molecule has 0 unspecified atom stereocenters. The first-order valence-electron chi connectivity index (χ1n) is 4.90. The Morgan fingerprint density at radius 3 is 3.00 bits per heavy atom. The Morgan fingerprint density at radius 2 is 2.31 bits per heavy atom. The highest BCUT2D eigenvalue weighted by molar-refractivity contribution is 6.01. The van der Waals surface area contributed by atoms with Gasteiger partial charge in [-0.15, -0.1) is 0 Å². The fourth-order valence-electron chi connectivity index (χ4n) is 1.73. The molecule has 0 spiro atoms. The Kier molecular flexibility index (Phi) is 2.60. The van der Waals surface area contributed by atoms with E-state index in [1.54, 1.807) is 17.9 Å². The molecular weight excluding hydrogens is 211 g/mol. The quantitative estimate of drug-likeness (QED) is 0.762. The molecule has 0 fully saturated rings. The van der Waals surface area contributed by atoms with Gasteiger partial charge in [0.1, 0.15) is 12.1 Å². The lowest BCUT2D eigenvalue weighted by molar-refractivity contribution is -0.115. The molecule has 4 nitrogen and oxygen atoms in total. The van der Waals surface area contributed by atoms with Crippen LogP contribution in [0.1, 0.15) is 5.56 Å². The average molecular weight is 222 g/mol. The number of hydrogen-bond acceptors (Lipinski definition) is 3. The molecule has 1 N–H and O–H groups in total. The van der Waals surface area contributed by atoms with E-state index < -0.39 is 0 Å². The summed E-state index contributed by atoms with van der Waals surface area (Å²) in [5, 5.41) is 2.65. The molecule has 1 heterocycles. The third-order valence-electron chi connectivity index (χ3n) is 2.52. The Bertz CT molecular complexity index is 460. The first kappa shape index (κ1) is 10.6. The number of aldehydes is 1. The van der Waals surface area contributed by atoms with Gasteiger partial charge in [-0.25, -0.2) is 4.39 Å². The molecule has 0 saturated heterocycles. The van der Waals surface area contributed by atoms with E-state index in [-0.39, 0.29) is 24.8 Å². The predicted molar refractivity (Wildman–Crippen MR) is 58.0 cm³/mol. The van der Waals surface area contributed by atoms with E-state index in [1.165, 1.54) is 6.07 Å². The Morgan fingerprint density at radius 1 is 1.56 bits per heavy atom. The van der Waals surface area contributed by atoms with Crippen molar-refractivity contribution in [3.63, 3.8) is 0 Å². The third-order valence-corrected chi connectivity index (χ3v) is 2.52. The number of rotatable bonds is 2. The van der Waals surface area contributed by atoms with Crippen molar-refractivity contribution in [3.05, 3.63) is 23.5 Å². The zero-order valence-electron chi connectivity index (χ0n) is 8.79. The van der Waals surface area contributed by atoms with E-state index in [9.17, 15) is 14.0 Å². The molecule has 2 rings (SSSR count). The van der Waals surface area contributed by atoms with Gasteiger partial charge in [-0.2, -0.15) is 0 Å². The topological polar surface area (TPSA) is 49.4 Å². The first-order chi connectivity index (χ1) is 7.61. The lowest BCUT2D eigenvalue weighted by Crippen LogP contribution is -2.39. The van der Waals surface area contributed by atoms with Crippen LogP contribution in [0, 0.1) is 12.7 Å². The lowest BCUT2D eigenvalue weighted by Gasteiger charge is -2.29. The van der Waals surface area contributed by atoms with Crippen molar-refractivity contribution >= 4 is 23.6 Å². The molecule has 0 saturated carbocycles. The molecule has 0 atom stereocenters. The van der Waals surface area contributed by atoms with Crippen LogP contribution in [0.3, 0.4) is 0 Å². The van der Waals surface area contributed by atoms with Gasteiger partial charge in [0.05, 0.1) is 24.5 Å². The molecule has 5 heteroatoms. The first-order valence-corrected chi connectivity index (χ1v) is 4.90. The van der Waals surface area contributed by atoms with Gasteiger partial charge in [0.2, 0.25) is 5.91 Å². The summed E-state index contributed by atoms with van der Waals surface area (Å²) >= 11 is 0. The number of anilines is 2. The monoisotopic (exact) mass is 222 g/mol. The van der Waals surface area contributed by atoms with Crippen molar-refractivity contribution in [3.8, 4) is 0 Å². The number of amides is 1. The number of aryl methyl sites for hydroxylation is 1. The Hall–Kier alpha value is -1.91. The van der Waals surface area contributed by atoms with Crippen molar-refractivity contribution in [2.24, 2.45) is 0 Å². The average Bonchev–Trinajstić information content (AvgIpc) is 2.21. The number of nitrogens with one attached hydrogen (secondary N) is 1. The molecule has 1 aliphatic rings. The third kappa shape index (κ3) is 1.76. The van der Waals surface area contributed by atoms with Gasteiger partial charge in [-0.3, -0.25) is 4.79 Å². The number of carbonyl (C=O) groups excluding carboxylic acids is 2. The number of benzene rings is 1. The van der Waals surface area contributed by atoms with Crippen LogP contribution < -0.4 is 10.2 Å². The Balaban J connectivity index is 2.48. The zero-order chi connectivity index (χ0) is 11.7. The molecule has 1 aromatic rings. The second kappa shape index (κ2) is 3.92. The van der Waals surface area contributed by atoms with Crippen molar-refractivity contribution in [1.82, 2.24) is 0 Å². The van der Waals surface area contributed by atoms with Crippen molar-refractivity contribution in [1.29, 1.82) is 0 Å². The summed E-state index contributed by atoms with van der Waals surface area (Å²) in [6, 6.07) is 2.91. The minimum atomic E-state index is -0.342. The van der Waals surface area contributed by atoms with Gasteiger partial charge in [0.25, 0.3) is 0 Å². The van der Waals surface area contributed by atoms with Crippen LogP contribution in [0.2, 0.25) is 0 Å². The smallest absolute Gasteiger partial charge is 0.243 e. The van der Waals surface area contributed by atoms with Gasteiger partial charge >= 0.3 is 0 Å². The van der Waals surface area contributed by atoms with Crippen molar-refractivity contribution in [2.75, 3.05) is 23.3 Å². The number of carbonyl (C=O) groups is 2. The summed E-state index contributed by atoms with van der Waals surface area (Å²) in [7, 11) is 0. The van der Waals surface area contributed by atoms with Crippen LogP contribution in [0.25, 0.3) is 0 Å². The maximum atomic E-state index is 13.4. The van der Waals surface area contributed by atoms with Crippen molar-refractivity contribution < 1.29 is 14.0 Å². The van der Waals surface area contributed by atoms with E-state index in [1.807, 2.05) is 0 Å². The summed E-state index contributed by atoms with van der Waals surface area (Å²) in [6.45, 7) is 1.79. The minimum absolute atomic E-state index is 0.0776. The number of hydrogen-bond donors (Lipinski definition) is 1. The summed E-state index contributed by atoms with van der Waals surface area (Å²) in [6.07, 6.45) is 0.695. The van der Waals surface area contributed by atoms with Crippen LogP contribution >= 0.6 is 0 Å². The van der Waals surface area contributed by atoms with E-state index in [0.717, 1.165) is 0 Å². The highest BCUT2D eigenvalue weighted by Gasteiger charge is 2.22. The Labute approximate surface area is 92.0 Å². The molecule has 1 amide bonds. The zero-order valence-corrected chi connectivity index (χ0v) is 8.79. The van der Waals surface area contributed by atoms with Crippen molar-refractivity contribution in [2.45, 2.75) is 6.92 Å². The van der Waals surface area contributed by atoms with Gasteiger partial charge in [-0.1, -0.05) is 0 Å². The molecule has 16 heavy (non-hydrogen) atoms. The predicted octanol–water partition coefficient (Wildman–Crippen LogP) is 1.09. The van der Waals surface area contributed by atoms with Gasteiger partial charge < -0.3 is 15.0 Å². The molecule has 0 aliphatic carbocycles. The van der Waals surface area contributed by atoms with E-state index in [4.69, 9.17) is 0 Å². The fraction of sp³-hybridized carbons (Fsp3) is 0.273. The normalized spacial score (nSPS) is 14.4. The summed E-state index contributed by atoms with van der Waals surface area (Å²) in [5.74, 6) is -0.536. The standard InChI is InChI=1S/C11H11FN2O2/c1-7-4-9-10(5-8(7)12)14(2-3-15)6-11(16)13-9/h3-5H,2,6H2,1H3,(H,13,16). The van der Waals surface area contributed by atoms with Crippen LogP contribution in [0.15, 0.2) is 12.1 Å².